The van der Waals surface area contributed by atoms with Gasteiger partial charge >= 0.3 is 5.97 Å². The van der Waals surface area contributed by atoms with Crippen LogP contribution in [0.1, 0.15) is 48.0 Å². The number of aryl methyl sites for hydroxylation is 1. The van der Waals surface area contributed by atoms with Gasteiger partial charge in [-0.2, -0.15) is 0 Å². The Hall–Kier alpha value is -1.71. The molecule has 0 bridgehead atoms. The molecule has 1 aromatic carbocycles. The van der Waals surface area contributed by atoms with E-state index >= 15 is 0 Å². The molecule has 1 aliphatic carbocycles. The largest absolute Gasteiger partial charge is 0.465 e. The lowest BCUT2D eigenvalue weighted by atomic mass is 9.91. The van der Waals surface area contributed by atoms with E-state index in [1.807, 2.05) is 13.0 Å². The summed E-state index contributed by atoms with van der Waals surface area (Å²) in [6.07, 6.45) is 6.52. The number of fused-ring (bicyclic) bond motifs is 1. The summed E-state index contributed by atoms with van der Waals surface area (Å²) in [5, 5.41) is 0. The van der Waals surface area contributed by atoms with Crippen LogP contribution in [0.5, 0.6) is 0 Å². The van der Waals surface area contributed by atoms with Gasteiger partial charge in [-0.1, -0.05) is 6.42 Å². The number of hydrogen-bond donors (Lipinski definition) is 1. The Morgan fingerprint density at radius 2 is 2.05 bits per heavy atom. The van der Waals surface area contributed by atoms with Crippen LogP contribution < -0.4 is 10.6 Å². The van der Waals surface area contributed by atoms with Gasteiger partial charge in [-0.3, -0.25) is 0 Å². The van der Waals surface area contributed by atoms with Crippen molar-refractivity contribution in [2.75, 3.05) is 24.3 Å². The van der Waals surface area contributed by atoms with Crippen molar-refractivity contribution in [1.82, 2.24) is 0 Å². The molecule has 1 aliphatic heterocycles. The van der Waals surface area contributed by atoms with Crippen LogP contribution in [0, 0.1) is 12.8 Å². The van der Waals surface area contributed by atoms with Gasteiger partial charge in [0.2, 0.25) is 0 Å². The smallest absolute Gasteiger partial charge is 0.340 e. The van der Waals surface area contributed by atoms with Crippen LogP contribution in [-0.2, 0) is 4.74 Å². The molecule has 1 aromatic rings. The Morgan fingerprint density at radius 1 is 1.29 bits per heavy atom. The van der Waals surface area contributed by atoms with E-state index < -0.39 is 0 Å². The van der Waals surface area contributed by atoms with Gasteiger partial charge in [0.25, 0.3) is 0 Å². The van der Waals surface area contributed by atoms with Crippen LogP contribution in [0.3, 0.4) is 0 Å². The molecule has 114 valence electrons. The molecule has 1 heterocycles. The summed E-state index contributed by atoms with van der Waals surface area (Å²) in [7, 11) is 1.40. The molecule has 0 amide bonds. The number of nitrogens with two attached hydrogens (primary N) is 1. The van der Waals surface area contributed by atoms with Crippen molar-refractivity contribution in [3.63, 3.8) is 0 Å². The number of anilines is 2. The number of esters is 1. The molecule has 3 rings (SSSR count). The number of methoxy groups -OCH3 is 1. The van der Waals surface area contributed by atoms with E-state index in [-0.39, 0.29) is 5.97 Å². The maximum atomic E-state index is 11.9. The summed E-state index contributed by atoms with van der Waals surface area (Å²) in [6, 6.07) is 4.66. The van der Waals surface area contributed by atoms with Crippen LogP contribution in [0.15, 0.2) is 12.1 Å². The zero-order valence-corrected chi connectivity index (χ0v) is 12.9. The molecule has 2 aliphatic rings. The van der Waals surface area contributed by atoms with Crippen molar-refractivity contribution >= 4 is 17.3 Å². The minimum atomic E-state index is -0.350. The number of carbonyl (C=O) groups is 1. The van der Waals surface area contributed by atoms with Crippen LogP contribution in [0.4, 0.5) is 11.4 Å². The number of rotatable bonds is 2. The molecule has 1 saturated carbocycles. The van der Waals surface area contributed by atoms with Gasteiger partial charge in [-0.15, -0.1) is 0 Å². The summed E-state index contributed by atoms with van der Waals surface area (Å²) in [5.41, 5.74) is 9.15. The third-order valence-corrected chi connectivity index (χ3v) is 5.10. The van der Waals surface area contributed by atoms with E-state index in [2.05, 4.69) is 11.0 Å². The lowest BCUT2D eigenvalue weighted by molar-refractivity contribution is 0.0602. The fraction of sp³-hybridized carbons (Fsp3) is 0.588. The number of nitrogen functional groups attached to an aromatic ring is 1. The van der Waals surface area contributed by atoms with Crippen molar-refractivity contribution in [2.24, 2.45) is 5.92 Å². The quantitative estimate of drug-likeness (QED) is 0.671. The molecule has 1 saturated heterocycles. The third-order valence-electron chi connectivity index (χ3n) is 5.10. The number of ether oxygens (including phenoxy) is 1. The van der Waals surface area contributed by atoms with Crippen molar-refractivity contribution in [3.8, 4) is 0 Å². The topological polar surface area (TPSA) is 55.6 Å². The van der Waals surface area contributed by atoms with E-state index in [4.69, 9.17) is 10.5 Å². The van der Waals surface area contributed by atoms with Crippen LogP contribution in [0.2, 0.25) is 0 Å². The second kappa shape index (κ2) is 5.58. The highest BCUT2D eigenvalue weighted by atomic mass is 16.5. The van der Waals surface area contributed by atoms with E-state index in [0.29, 0.717) is 17.3 Å². The molecule has 2 atom stereocenters. The normalized spacial score (nSPS) is 24.8. The van der Waals surface area contributed by atoms with E-state index in [1.54, 1.807) is 0 Å². The first-order chi connectivity index (χ1) is 10.1. The first-order valence-electron chi connectivity index (χ1n) is 7.87. The Balaban J connectivity index is 1.98. The number of carbonyl (C=O) groups excluding carboxylic acids is 1. The summed E-state index contributed by atoms with van der Waals surface area (Å²) < 4.78 is 4.86. The lowest BCUT2D eigenvalue weighted by Crippen LogP contribution is -2.42. The van der Waals surface area contributed by atoms with Crippen LogP contribution in [0.25, 0.3) is 0 Å². The van der Waals surface area contributed by atoms with Crippen molar-refractivity contribution in [2.45, 2.75) is 45.1 Å². The van der Waals surface area contributed by atoms with E-state index in [9.17, 15) is 4.79 Å². The average molecular weight is 288 g/mol. The maximum Gasteiger partial charge on any atom is 0.340 e. The molecule has 2 fully saturated rings. The van der Waals surface area contributed by atoms with Gasteiger partial charge in [0.15, 0.2) is 0 Å². The Labute approximate surface area is 126 Å². The van der Waals surface area contributed by atoms with Gasteiger partial charge in [0.1, 0.15) is 0 Å². The molecular weight excluding hydrogens is 264 g/mol. The molecule has 0 radical (unpaired) electrons. The minimum Gasteiger partial charge on any atom is -0.465 e. The number of piperidine rings is 1. The highest BCUT2D eigenvalue weighted by molar-refractivity contribution is 5.97. The first-order valence-corrected chi connectivity index (χ1v) is 7.87. The monoisotopic (exact) mass is 288 g/mol. The van der Waals surface area contributed by atoms with Crippen LogP contribution in [-0.4, -0.2) is 25.7 Å². The Morgan fingerprint density at radius 3 is 2.81 bits per heavy atom. The second-order valence-corrected chi connectivity index (χ2v) is 6.31. The summed E-state index contributed by atoms with van der Waals surface area (Å²) >= 11 is 0. The molecular formula is C17H24N2O2. The van der Waals surface area contributed by atoms with Gasteiger partial charge in [-0.25, -0.2) is 4.79 Å². The molecule has 2 unspecified atom stereocenters. The highest BCUT2D eigenvalue weighted by Gasteiger charge is 2.35. The van der Waals surface area contributed by atoms with Gasteiger partial charge in [0, 0.05) is 24.0 Å². The molecule has 0 spiro atoms. The van der Waals surface area contributed by atoms with Gasteiger partial charge in [-0.05, 0) is 56.2 Å². The molecule has 4 nitrogen and oxygen atoms in total. The average Bonchev–Trinajstić information content (AvgIpc) is 2.97. The number of hydrogen-bond acceptors (Lipinski definition) is 4. The fourth-order valence-electron chi connectivity index (χ4n) is 4.00. The van der Waals surface area contributed by atoms with Gasteiger partial charge in [0.05, 0.1) is 12.7 Å². The molecule has 0 aromatic heterocycles. The molecule has 21 heavy (non-hydrogen) atoms. The number of nitrogens with zero attached hydrogens (tertiary/aromatic N) is 1. The predicted molar refractivity (Wildman–Crippen MR) is 84.6 cm³/mol. The van der Waals surface area contributed by atoms with Gasteiger partial charge < -0.3 is 15.4 Å². The van der Waals surface area contributed by atoms with Crippen molar-refractivity contribution in [1.29, 1.82) is 0 Å². The zero-order valence-electron chi connectivity index (χ0n) is 12.9. The molecule has 2 N–H and O–H groups in total. The lowest BCUT2D eigenvalue weighted by Gasteiger charge is -2.40. The zero-order chi connectivity index (χ0) is 15.0. The van der Waals surface area contributed by atoms with Crippen LogP contribution >= 0.6 is 0 Å². The third kappa shape index (κ3) is 2.47. The standard InChI is InChI=1S/C17H24N2O2/c1-11-9-13(10-14(16(11)18)17(20)21-2)19-8-4-6-12-5-3-7-15(12)19/h9-10,12,15H,3-8,18H2,1-2H3. The van der Waals surface area contributed by atoms with E-state index in [1.165, 1.54) is 39.2 Å². The second-order valence-electron chi connectivity index (χ2n) is 6.31. The maximum absolute atomic E-state index is 11.9. The summed E-state index contributed by atoms with van der Waals surface area (Å²) in [5.74, 6) is 0.468. The Kier molecular flexibility index (Phi) is 3.79. The highest BCUT2D eigenvalue weighted by Crippen LogP contribution is 2.40. The summed E-state index contributed by atoms with van der Waals surface area (Å²) in [6.45, 7) is 3.03. The first kappa shape index (κ1) is 14.2. The van der Waals surface area contributed by atoms with E-state index in [0.717, 1.165) is 23.7 Å². The molecule has 4 heteroatoms. The number of benzene rings is 1. The SMILES string of the molecule is COC(=O)c1cc(N2CCCC3CCCC32)cc(C)c1N. The van der Waals surface area contributed by atoms with Crippen molar-refractivity contribution < 1.29 is 9.53 Å². The van der Waals surface area contributed by atoms with Crippen molar-refractivity contribution in [3.05, 3.63) is 23.3 Å². The summed E-state index contributed by atoms with van der Waals surface area (Å²) in [4.78, 5) is 14.4. The predicted octanol–water partition coefficient (Wildman–Crippen LogP) is 3.13. The Bertz CT molecular complexity index is 556. The minimum absolute atomic E-state index is 0.350. The fourth-order valence-corrected chi connectivity index (χ4v) is 4.00.